The summed E-state index contributed by atoms with van der Waals surface area (Å²) in [7, 11) is 0. The number of hydrogen-bond donors (Lipinski definition) is 1. The summed E-state index contributed by atoms with van der Waals surface area (Å²) in [6.07, 6.45) is 2.93. The Bertz CT molecular complexity index is 467. The average Bonchev–Trinajstić information content (AvgIpc) is 2.82. The van der Waals surface area contributed by atoms with E-state index >= 15 is 0 Å². The molecule has 88 valence electrons. The van der Waals surface area contributed by atoms with E-state index in [2.05, 4.69) is 15.4 Å². The van der Waals surface area contributed by atoms with Crippen molar-refractivity contribution < 1.29 is 4.79 Å². The molecule has 2 rings (SSSR count). The van der Waals surface area contributed by atoms with Crippen LogP contribution in [0.15, 0.2) is 43.0 Å². The van der Waals surface area contributed by atoms with Crippen molar-refractivity contribution in [1.29, 1.82) is 0 Å². The van der Waals surface area contributed by atoms with Crippen molar-refractivity contribution in [3.63, 3.8) is 0 Å². The van der Waals surface area contributed by atoms with Crippen molar-refractivity contribution in [2.75, 3.05) is 0 Å². The first-order valence-electron chi connectivity index (χ1n) is 5.42. The van der Waals surface area contributed by atoms with Gasteiger partial charge in [0.15, 0.2) is 0 Å². The highest BCUT2D eigenvalue weighted by Gasteiger charge is 2.09. The Kier molecular flexibility index (Phi) is 3.49. The van der Waals surface area contributed by atoms with Crippen LogP contribution in [-0.4, -0.2) is 20.7 Å². The zero-order valence-electron chi connectivity index (χ0n) is 9.58. The van der Waals surface area contributed by atoms with Gasteiger partial charge in [-0.1, -0.05) is 30.3 Å². The van der Waals surface area contributed by atoms with Crippen molar-refractivity contribution in [2.24, 2.45) is 0 Å². The zero-order valence-corrected chi connectivity index (χ0v) is 9.58. The Hall–Kier alpha value is -2.17. The molecular formula is C12H14N4O. The lowest BCUT2D eigenvalue weighted by molar-refractivity contribution is -0.122. The topological polar surface area (TPSA) is 59.8 Å². The lowest BCUT2D eigenvalue weighted by Gasteiger charge is -2.13. The second-order valence-corrected chi connectivity index (χ2v) is 3.79. The number of benzene rings is 1. The number of carbonyl (C=O) groups excluding carboxylic acids is 1. The molecule has 0 spiro atoms. The van der Waals surface area contributed by atoms with Crippen molar-refractivity contribution in [2.45, 2.75) is 19.5 Å². The number of aromatic nitrogens is 3. The van der Waals surface area contributed by atoms with Crippen LogP contribution >= 0.6 is 0 Å². The van der Waals surface area contributed by atoms with E-state index in [1.54, 1.807) is 0 Å². The van der Waals surface area contributed by atoms with Crippen LogP contribution < -0.4 is 5.32 Å². The van der Waals surface area contributed by atoms with Gasteiger partial charge < -0.3 is 5.32 Å². The molecule has 1 aromatic carbocycles. The minimum absolute atomic E-state index is 0.00720. The fourth-order valence-corrected chi connectivity index (χ4v) is 1.57. The van der Waals surface area contributed by atoms with Crippen LogP contribution in [0, 0.1) is 0 Å². The van der Waals surface area contributed by atoms with Gasteiger partial charge in [-0.15, -0.1) is 0 Å². The van der Waals surface area contributed by atoms with E-state index in [0.717, 1.165) is 5.56 Å². The fourth-order valence-electron chi connectivity index (χ4n) is 1.57. The van der Waals surface area contributed by atoms with Crippen LogP contribution in [0.5, 0.6) is 0 Å². The van der Waals surface area contributed by atoms with E-state index in [1.807, 2.05) is 37.3 Å². The van der Waals surface area contributed by atoms with Gasteiger partial charge in [0.2, 0.25) is 5.91 Å². The minimum atomic E-state index is -0.0770. The molecule has 5 nitrogen and oxygen atoms in total. The summed E-state index contributed by atoms with van der Waals surface area (Å²) >= 11 is 0. The van der Waals surface area contributed by atoms with Crippen molar-refractivity contribution in [3.05, 3.63) is 48.5 Å². The molecule has 17 heavy (non-hydrogen) atoms. The first-order valence-corrected chi connectivity index (χ1v) is 5.42. The van der Waals surface area contributed by atoms with E-state index < -0.39 is 0 Å². The summed E-state index contributed by atoms with van der Waals surface area (Å²) in [5.74, 6) is -0.0770. The van der Waals surface area contributed by atoms with Gasteiger partial charge in [0.05, 0.1) is 6.04 Å². The summed E-state index contributed by atoms with van der Waals surface area (Å²) in [6.45, 7) is 2.14. The van der Waals surface area contributed by atoms with Gasteiger partial charge in [-0.05, 0) is 12.5 Å². The third-order valence-electron chi connectivity index (χ3n) is 2.45. The zero-order chi connectivity index (χ0) is 12.1. The second kappa shape index (κ2) is 5.25. The highest BCUT2D eigenvalue weighted by molar-refractivity contribution is 5.76. The standard InChI is InChI=1S/C12H14N4O/c1-10(11-5-3-2-4-6-11)15-12(17)7-16-9-13-8-14-16/h2-6,8-10H,7H2,1H3,(H,15,17). The number of rotatable bonds is 4. The van der Waals surface area contributed by atoms with Gasteiger partial charge in [-0.3, -0.25) is 4.79 Å². The highest BCUT2D eigenvalue weighted by Crippen LogP contribution is 2.10. The SMILES string of the molecule is CC(NC(=O)Cn1cncn1)c1ccccc1. The van der Waals surface area contributed by atoms with Crippen LogP contribution in [0.4, 0.5) is 0 Å². The lowest BCUT2D eigenvalue weighted by atomic mass is 10.1. The first-order chi connectivity index (χ1) is 8.25. The number of nitrogens with one attached hydrogen (secondary N) is 1. The molecule has 1 aromatic heterocycles. The van der Waals surface area contributed by atoms with Gasteiger partial charge in [0, 0.05) is 0 Å². The molecule has 0 fully saturated rings. The van der Waals surface area contributed by atoms with Crippen LogP contribution in [0.25, 0.3) is 0 Å². The summed E-state index contributed by atoms with van der Waals surface area (Å²) in [5, 5.41) is 6.79. The smallest absolute Gasteiger partial charge is 0.242 e. The van der Waals surface area contributed by atoms with E-state index in [4.69, 9.17) is 0 Å². The van der Waals surface area contributed by atoms with Gasteiger partial charge in [0.1, 0.15) is 19.2 Å². The Morgan fingerprint density at radius 2 is 2.18 bits per heavy atom. The molecule has 0 bridgehead atoms. The van der Waals surface area contributed by atoms with Gasteiger partial charge >= 0.3 is 0 Å². The molecule has 5 heteroatoms. The molecule has 0 aliphatic rings. The Balaban J connectivity index is 1.91. The normalized spacial score (nSPS) is 12.1. The number of amides is 1. The average molecular weight is 230 g/mol. The van der Waals surface area contributed by atoms with Gasteiger partial charge in [-0.2, -0.15) is 5.10 Å². The summed E-state index contributed by atoms with van der Waals surface area (Å²) in [4.78, 5) is 15.5. The summed E-state index contributed by atoms with van der Waals surface area (Å²) < 4.78 is 1.49. The molecule has 1 heterocycles. The quantitative estimate of drug-likeness (QED) is 0.857. The molecule has 0 aliphatic heterocycles. The van der Waals surface area contributed by atoms with Crippen LogP contribution in [-0.2, 0) is 11.3 Å². The van der Waals surface area contributed by atoms with Crippen LogP contribution in [0.3, 0.4) is 0 Å². The van der Waals surface area contributed by atoms with E-state index in [-0.39, 0.29) is 18.5 Å². The molecular weight excluding hydrogens is 216 g/mol. The lowest BCUT2D eigenvalue weighted by Crippen LogP contribution is -2.30. The molecule has 1 unspecified atom stereocenters. The van der Waals surface area contributed by atoms with Crippen molar-refractivity contribution in [1.82, 2.24) is 20.1 Å². The fraction of sp³-hybridized carbons (Fsp3) is 0.250. The van der Waals surface area contributed by atoms with Crippen molar-refractivity contribution >= 4 is 5.91 Å². The van der Waals surface area contributed by atoms with Crippen molar-refractivity contribution in [3.8, 4) is 0 Å². The summed E-state index contributed by atoms with van der Waals surface area (Å²) in [5.41, 5.74) is 1.08. The molecule has 1 amide bonds. The maximum Gasteiger partial charge on any atom is 0.242 e. The first kappa shape index (κ1) is 11.3. The maximum atomic E-state index is 11.7. The predicted molar refractivity (Wildman–Crippen MR) is 63.0 cm³/mol. The molecule has 1 N–H and O–H groups in total. The highest BCUT2D eigenvalue weighted by atomic mass is 16.2. The Labute approximate surface area is 99.5 Å². The Morgan fingerprint density at radius 1 is 1.41 bits per heavy atom. The largest absolute Gasteiger partial charge is 0.348 e. The second-order valence-electron chi connectivity index (χ2n) is 3.79. The maximum absolute atomic E-state index is 11.7. The molecule has 1 atom stereocenters. The van der Waals surface area contributed by atoms with Gasteiger partial charge in [-0.25, -0.2) is 9.67 Å². The third kappa shape index (κ3) is 3.14. The molecule has 0 aliphatic carbocycles. The van der Waals surface area contributed by atoms with E-state index in [9.17, 15) is 4.79 Å². The third-order valence-corrected chi connectivity index (χ3v) is 2.45. The van der Waals surface area contributed by atoms with E-state index in [0.29, 0.717) is 0 Å². The van der Waals surface area contributed by atoms with Crippen LogP contribution in [0.1, 0.15) is 18.5 Å². The minimum Gasteiger partial charge on any atom is -0.348 e. The van der Waals surface area contributed by atoms with E-state index in [1.165, 1.54) is 17.3 Å². The van der Waals surface area contributed by atoms with Gasteiger partial charge in [0.25, 0.3) is 0 Å². The predicted octanol–water partition coefficient (Wildman–Crippen LogP) is 1.16. The molecule has 0 radical (unpaired) electrons. The molecule has 0 saturated carbocycles. The number of carbonyl (C=O) groups is 1. The number of hydrogen-bond acceptors (Lipinski definition) is 3. The molecule has 2 aromatic rings. The Morgan fingerprint density at radius 3 is 2.82 bits per heavy atom. The molecule has 0 saturated heterocycles. The number of nitrogens with zero attached hydrogens (tertiary/aromatic N) is 3. The summed E-state index contributed by atoms with van der Waals surface area (Å²) in [6, 6.07) is 9.83. The monoisotopic (exact) mass is 230 g/mol. The van der Waals surface area contributed by atoms with Crippen LogP contribution in [0.2, 0.25) is 0 Å².